The molecular weight excluding hydrogens is 214 g/mol. The van der Waals surface area contributed by atoms with Crippen LogP contribution in [0.15, 0.2) is 0 Å². The van der Waals surface area contributed by atoms with Gasteiger partial charge in [0.25, 0.3) is 0 Å². The van der Waals surface area contributed by atoms with Gasteiger partial charge < -0.3 is 14.8 Å². The van der Waals surface area contributed by atoms with Crippen LogP contribution in [0.5, 0.6) is 0 Å². The topological polar surface area (TPSA) is 30.5 Å². The fourth-order valence-electron chi connectivity index (χ4n) is 2.23. The van der Waals surface area contributed by atoms with Gasteiger partial charge in [-0.05, 0) is 38.6 Å². The fourth-order valence-corrected chi connectivity index (χ4v) is 2.23. The summed E-state index contributed by atoms with van der Waals surface area (Å²) in [4.78, 5) is 0. The first kappa shape index (κ1) is 14.9. The Balaban J connectivity index is 1.76. The summed E-state index contributed by atoms with van der Waals surface area (Å²) in [6.45, 7) is 5.73. The minimum absolute atomic E-state index is 0.690. The second-order valence-electron chi connectivity index (χ2n) is 5.20. The van der Waals surface area contributed by atoms with Gasteiger partial charge in [-0.3, -0.25) is 0 Å². The third-order valence-electron chi connectivity index (χ3n) is 3.55. The highest BCUT2D eigenvalue weighted by molar-refractivity contribution is 4.74. The normalized spacial score (nSPS) is 18.0. The van der Waals surface area contributed by atoms with E-state index in [1.807, 2.05) is 0 Å². The zero-order chi connectivity index (χ0) is 12.3. The van der Waals surface area contributed by atoms with Crippen molar-refractivity contribution in [1.82, 2.24) is 5.32 Å². The smallest absolute Gasteiger partial charge is 0.0700 e. The Labute approximate surface area is 106 Å². The van der Waals surface area contributed by atoms with E-state index in [1.165, 1.54) is 32.1 Å². The van der Waals surface area contributed by atoms with E-state index in [-0.39, 0.29) is 0 Å². The summed E-state index contributed by atoms with van der Waals surface area (Å²) in [7, 11) is 1.71. The molecule has 17 heavy (non-hydrogen) atoms. The average Bonchev–Trinajstić information content (AvgIpc) is 2.27. The molecule has 0 saturated heterocycles. The second-order valence-corrected chi connectivity index (χ2v) is 5.20. The summed E-state index contributed by atoms with van der Waals surface area (Å²) in [6.07, 6.45) is 8.09. The standard InChI is InChI=1S/C14H29NO2/c1-13(12-14-6-5-7-14)15-8-3-4-9-17-11-10-16-2/h13-15H,3-12H2,1-2H3. The molecule has 1 fully saturated rings. The summed E-state index contributed by atoms with van der Waals surface area (Å²) >= 11 is 0. The van der Waals surface area contributed by atoms with E-state index in [4.69, 9.17) is 9.47 Å². The summed E-state index contributed by atoms with van der Waals surface area (Å²) in [5.74, 6) is 1.01. The molecule has 3 heteroatoms. The van der Waals surface area contributed by atoms with Crippen LogP contribution in [0.4, 0.5) is 0 Å². The number of rotatable bonds is 11. The van der Waals surface area contributed by atoms with E-state index in [0.29, 0.717) is 12.6 Å². The molecular formula is C14H29NO2. The van der Waals surface area contributed by atoms with Crippen molar-refractivity contribution in [3.05, 3.63) is 0 Å². The summed E-state index contributed by atoms with van der Waals surface area (Å²) in [6, 6.07) is 0.690. The van der Waals surface area contributed by atoms with Gasteiger partial charge in [-0.25, -0.2) is 0 Å². The average molecular weight is 243 g/mol. The first-order chi connectivity index (χ1) is 8.33. The quantitative estimate of drug-likeness (QED) is 0.566. The van der Waals surface area contributed by atoms with E-state index in [2.05, 4.69) is 12.2 Å². The maximum atomic E-state index is 5.42. The molecule has 0 heterocycles. The van der Waals surface area contributed by atoms with Gasteiger partial charge in [0.05, 0.1) is 13.2 Å². The third-order valence-corrected chi connectivity index (χ3v) is 3.55. The first-order valence-electron chi connectivity index (χ1n) is 7.13. The lowest BCUT2D eigenvalue weighted by molar-refractivity contribution is 0.0687. The summed E-state index contributed by atoms with van der Waals surface area (Å²) < 4.78 is 10.3. The van der Waals surface area contributed by atoms with Gasteiger partial charge in [0.15, 0.2) is 0 Å². The maximum absolute atomic E-state index is 5.42. The van der Waals surface area contributed by atoms with E-state index in [1.54, 1.807) is 7.11 Å². The Bertz CT molecular complexity index is 172. The van der Waals surface area contributed by atoms with Crippen LogP contribution in [0.2, 0.25) is 0 Å². The second kappa shape index (κ2) is 9.86. The summed E-state index contributed by atoms with van der Waals surface area (Å²) in [5.41, 5.74) is 0. The lowest BCUT2D eigenvalue weighted by Gasteiger charge is -2.28. The Morgan fingerprint density at radius 3 is 2.65 bits per heavy atom. The molecule has 0 aromatic heterocycles. The number of nitrogens with one attached hydrogen (secondary N) is 1. The Kier molecular flexibility index (Phi) is 8.67. The van der Waals surface area contributed by atoms with Crippen molar-refractivity contribution in [2.24, 2.45) is 5.92 Å². The molecule has 1 unspecified atom stereocenters. The molecule has 1 saturated carbocycles. The predicted octanol–water partition coefficient (Wildman–Crippen LogP) is 2.60. The molecule has 1 rings (SSSR count). The van der Waals surface area contributed by atoms with Crippen molar-refractivity contribution in [1.29, 1.82) is 0 Å². The van der Waals surface area contributed by atoms with E-state index < -0.39 is 0 Å². The van der Waals surface area contributed by atoms with Crippen LogP contribution in [0.1, 0.15) is 45.4 Å². The number of methoxy groups -OCH3 is 1. The largest absolute Gasteiger partial charge is 0.382 e. The van der Waals surface area contributed by atoms with Crippen LogP contribution in [-0.2, 0) is 9.47 Å². The molecule has 0 spiro atoms. The minimum atomic E-state index is 0.690. The molecule has 1 aliphatic carbocycles. The van der Waals surface area contributed by atoms with E-state index >= 15 is 0 Å². The maximum Gasteiger partial charge on any atom is 0.0700 e. The first-order valence-corrected chi connectivity index (χ1v) is 7.13. The van der Waals surface area contributed by atoms with Crippen molar-refractivity contribution in [2.45, 2.75) is 51.5 Å². The Morgan fingerprint density at radius 1 is 1.18 bits per heavy atom. The lowest BCUT2D eigenvalue weighted by Crippen LogP contribution is -2.31. The van der Waals surface area contributed by atoms with Gasteiger partial charge >= 0.3 is 0 Å². The van der Waals surface area contributed by atoms with E-state index in [0.717, 1.165) is 32.1 Å². The molecule has 0 aromatic carbocycles. The summed E-state index contributed by atoms with van der Waals surface area (Å²) in [5, 5.41) is 3.60. The molecule has 0 amide bonds. The Morgan fingerprint density at radius 2 is 2.00 bits per heavy atom. The van der Waals surface area contributed by atoms with Crippen LogP contribution < -0.4 is 5.32 Å². The van der Waals surface area contributed by atoms with Gasteiger partial charge in [0.2, 0.25) is 0 Å². The Hall–Kier alpha value is -0.120. The van der Waals surface area contributed by atoms with Crippen LogP contribution in [-0.4, -0.2) is 39.5 Å². The fraction of sp³-hybridized carbons (Fsp3) is 1.00. The zero-order valence-corrected chi connectivity index (χ0v) is 11.5. The third kappa shape index (κ3) is 7.74. The van der Waals surface area contributed by atoms with Gasteiger partial charge in [0, 0.05) is 19.8 Å². The molecule has 1 atom stereocenters. The number of hydrogen-bond acceptors (Lipinski definition) is 3. The number of ether oxygens (including phenoxy) is 2. The van der Waals surface area contributed by atoms with Crippen molar-refractivity contribution in [3.63, 3.8) is 0 Å². The molecule has 0 bridgehead atoms. The molecule has 1 aliphatic rings. The van der Waals surface area contributed by atoms with Crippen LogP contribution >= 0.6 is 0 Å². The molecule has 0 radical (unpaired) electrons. The number of unbranched alkanes of at least 4 members (excludes halogenated alkanes) is 1. The highest BCUT2D eigenvalue weighted by Crippen LogP contribution is 2.30. The zero-order valence-electron chi connectivity index (χ0n) is 11.5. The lowest BCUT2D eigenvalue weighted by atomic mass is 9.81. The molecule has 102 valence electrons. The SMILES string of the molecule is COCCOCCCCNC(C)CC1CCC1. The van der Waals surface area contributed by atoms with Crippen molar-refractivity contribution in [3.8, 4) is 0 Å². The van der Waals surface area contributed by atoms with Gasteiger partial charge in [0.1, 0.15) is 0 Å². The minimum Gasteiger partial charge on any atom is -0.382 e. The highest BCUT2D eigenvalue weighted by atomic mass is 16.5. The number of hydrogen-bond donors (Lipinski definition) is 1. The van der Waals surface area contributed by atoms with Crippen LogP contribution in [0, 0.1) is 5.92 Å². The predicted molar refractivity (Wildman–Crippen MR) is 71.4 cm³/mol. The molecule has 0 aliphatic heterocycles. The van der Waals surface area contributed by atoms with Crippen molar-refractivity contribution < 1.29 is 9.47 Å². The van der Waals surface area contributed by atoms with Crippen LogP contribution in [0.3, 0.4) is 0 Å². The monoisotopic (exact) mass is 243 g/mol. The van der Waals surface area contributed by atoms with Gasteiger partial charge in [-0.2, -0.15) is 0 Å². The molecule has 3 nitrogen and oxygen atoms in total. The van der Waals surface area contributed by atoms with Crippen molar-refractivity contribution >= 4 is 0 Å². The van der Waals surface area contributed by atoms with E-state index in [9.17, 15) is 0 Å². The molecule has 1 N–H and O–H groups in total. The van der Waals surface area contributed by atoms with Crippen LogP contribution in [0.25, 0.3) is 0 Å². The van der Waals surface area contributed by atoms with Gasteiger partial charge in [-0.15, -0.1) is 0 Å². The van der Waals surface area contributed by atoms with Gasteiger partial charge in [-0.1, -0.05) is 19.3 Å². The van der Waals surface area contributed by atoms with Crippen molar-refractivity contribution in [2.75, 3.05) is 33.5 Å². The highest BCUT2D eigenvalue weighted by Gasteiger charge is 2.19. The molecule has 0 aromatic rings.